The molecular formula is C27H35N3O4. The molecule has 0 radical (unpaired) electrons. The van der Waals surface area contributed by atoms with Crippen LogP contribution in [0.25, 0.3) is 11.3 Å². The van der Waals surface area contributed by atoms with Crippen LogP contribution in [-0.2, 0) is 22.5 Å². The van der Waals surface area contributed by atoms with E-state index in [2.05, 4.69) is 11.9 Å². The van der Waals surface area contributed by atoms with E-state index in [1.54, 1.807) is 22.8 Å². The van der Waals surface area contributed by atoms with Gasteiger partial charge in [0.1, 0.15) is 18.2 Å². The summed E-state index contributed by atoms with van der Waals surface area (Å²) in [6, 6.07) is 18.5. The molecule has 3 rings (SSSR count). The number of benzene rings is 2. The van der Waals surface area contributed by atoms with Crippen molar-refractivity contribution in [3.63, 3.8) is 0 Å². The van der Waals surface area contributed by atoms with Crippen molar-refractivity contribution in [2.75, 3.05) is 18.9 Å². The summed E-state index contributed by atoms with van der Waals surface area (Å²) in [6.45, 7) is 7.22. The van der Waals surface area contributed by atoms with Gasteiger partial charge in [-0.25, -0.2) is 4.98 Å². The Morgan fingerprint density at radius 2 is 1.74 bits per heavy atom. The number of nitrogen functional groups attached to an aromatic ring is 1. The zero-order valence-corrected chi connectivity index (χ0v) is 20.3. The van der Waals surface area contributed by atoms with Crippen LogP contribution in [0, 0.1) is 0 Å². The van der Waals surface area contributed by atoms with E-state index in [1.807, 2.05) is 56.3 Å². The van der Waals surface area contributed by atoms with Gasteiger partial charge in [0, 0.05) is 30.2 Å². The van der Waals surface area contributed by atoms with Gasteiger partial charge in [-0.1, -0.05) is 50.6 Å². The van der Waals surface area contributed by atoms with Crippen LogP contribution in [0.2, 0.25) is 0 Å². The number of rotatable bonds is 10. The van der Waals surface area contributed by atoms with Gasteiger partial charge in [0.05, 0.1) is 18.8 Å². The molecule has 0 aliphatic rings. The second-order valence-corrected chi connectivity index (χ2v) is 7.59. The van der Waals surface area contributed by atoms with Gasteiger partial charge in [-0.2, -0.15) is 0 Å². The third-order valence-corrected chi connectivity index (χ3v) is 4.98. The quantitative estimate of drug-likeness (QED) is 0.339. The molecule has 0 bridgehead atoms. The number of nitrogens with zero attached hydrogens (tertiary/aromatic N) is 2. The highest BCUT2D eigenvalue weighted by atomic mass is 16.5. The lowest BCUT2D eigenvalue weighted by Crippen LogP contribution is -2.27. The average Bonchev–Trinajstić information content (AvgIpc) is 2.85. The summed E-state index contributed by atoms with van der Waals surface area (Å²) in [6.07, 6.45) is 3.25. The first-order valence-corrected chi connectivity index (χ1v) is 11.8. The van der Waals surface area contributed by atoms with Crippen LogP contribution in [0.4, 0.5) is 5.69 Å². The number of esters is 1. The smallest absolute Gasteiger partial charge is 0.305 e. The lowest BCUT2D eigenvalue weighted by molar-refractivity contribution is -0.143. The van der Waals surface area contributed by atoms with Gasteiger partial charge >= 0.3 is 5.97 Å². The molecular weight excluding hydrogens is 430 g/mol. The Balaban J connectivity index is 0.000000387. The number of anilines is 1. The molecule has 0 aliphatic heterocycles. The molecule has 0 atom stereocenters. The van der Waals surface area contributed by atoms with Crippen molar-refractivity contribution >= 4 is 11.7 Å². The number of aryl methyl sites for hydroxylation is 1. The Kier molecular flexibility index (Phi) is 11.4. The van der Waals surface area contributed by atoms with Gasteiger partial charge in [0.15, 0.2) is 0 Å². The molecule has 0 saturated carbocycles. The Hall–Kier alpha value is -3.61. The van der Waals surface area contributed by atoms with Crippen molar-refractivity contribution in [2.24, 2.45) is 0 Å². The Labute approximate surface area is 201 Å². The number of carbonyl (C=O) groups is 1. The van der Waals surface area contributed by atoms with Gasteiger partial charge in [-0.05, 0) is 37.6 Å². The Bertz CT molecular complexity index is 1060. The minimum absolute atomic E-state index is 0.0633. The van der Waals surface area contributed by atoms with E-state index in [0.717, 1.165) is 30.0 Å². The van der Waals surface area contributed by atoms with Crippen LogP contribution in [-0.4, -0.2) is 28.7 Å². The molecule has 0 spiro atoms. The molecule has 1 heterocycles. The summed E-state index contributed by atoms with van der Waals surface area (Å²) >= 11 is 0. The second-order valence-electron chi connectivity index (χ2n) is 7.59. The molecule has 2 aromatic carbocycles. The van der Waals surface area contributed by atoms with Gasteiger partial charge in [0.2, 0.25) is 0 Å². The summed E-state index contributed by atoms with van der Waals surface area (Å²) in [7, 11) is 0. The predicted octanol–water partition coefficient (Wildman–Crippen LogP) is 4.87. The van der Waals surface area contributed by atoms with E-state index in [4.69, 9.17) is 15.2 Å². The van der Waals surface area contributed by atoms with Crippen LogP contribution in [0.1, 0.15) is 45.9 Å². The van der Waals surface area contributed by atoms with E-state index in [0.29, 0.717) is 44.0 Å². The fraction of sp³-hybridized carbons (Fsp3) is 0.370. The predicted molar refractivity (Wildman–Crippen MR) is 136 cm³/mol. The van der Waals surface area contributed by atoms with Crippen LogP contribution in [0.5, 0.6) is 5.75 Å². The molecule has 0 unspecified atom stereocenters. The third kappa shape index (κ3) is 8.73. The zero-order valence-electron chi connectivity index (χ0n) is 20.3. The zero-order chi connectivity index (χ0) is 24.8. The van der Waals surface area contributed by atoms with Crippen LogP contribution >= 0.6 is 0 Å². The van der Waals surface area contributed by atoms with Crippen molar-refractivity contribution in [3.8, 4) is 17.0 Å². The van der Waals surface area contributed by atoms with Crippen molar-refractivity contribution < 1.29 is 14.3 Å². The summed E-state index contributed by atoms with van der Waals surface area (Å²) in [5.41, 5.74) is 7.94. The Morgan fingerprint density at radius 3 is 2.35 bits per heavy atom. The lowest BCUT2D eigenvalue weighted by atomic mass is 10.1. The van der Waals surface area contributed by atoms with Gasteiger partial charge in [0.25, 0.3) is 5.56 Å². The van der Waals surface area contributed by atoms with Crippen molar-refractivity contribution in [3.05, 3.63) is 76.8 Å². The normalized spacial score (nSPS) is 10.2. The maximum Gasteiger partial charge on any atom is 0.305 e. The van der Waals surface area contributed by atoms with Crippen LogP contribution < -0.4 is 16.0 Å². The molecule has 3 aromatic rings. The summed E-state index contributed by atoms with van der Waals surface area (Å²) in [5, 5.41) is 0. The van der Waals surface area contributed by atoms with Crippen LogP contribution in [0.3, 0.4) is 0 Å². The highest BCUT2D eigenvalue weighted by molar-refractivity contribution is 5.69. The number of hydrogen-bond donors (Lipinski definition) is 1. The summed E-state index contributed by atoms with van der Waals surface area (Å²) in [5.74, 6) is 1.42. The second kappa shape index (κ2) is 14.5. The molecule has 7 heteroatoms. The first kappa shape index (κ1) is 26.6. The molecule has 0 fully saturated rings. The fourth-order valence-corrected chi connectivity index (χ4v) is 3.19. The molecule has 182 valence electrons. The molecule has 7 nitrogen and oxygen atoms in total. The first-order valence-electron chi connectivity index (χ1n) is 11.8. The van der Waals surface area contributed by atoms with Crippen molar-refractivity contribution in [2.45, 2.75) is 53.0 Å². The number of carbonyl (C=O) groups excluding carboxylic acids is 1. The van der Waals surface area contributed by atoms with Crippen molar-refractivity contribution in [1.29, 1.82) is 0 Å². The summed E-state index contributed by atoms with van der Waals surface area (Å²) < 4.78 is 12.1. The first-order chi connectivity index (χ1) is 16.5. The molecule has 1 aromatic heterocycles. The molecule has 2 N–H and O–H groups in total. The van der Waals surface area contributed by atoms with E-state index in [1.165, 1.54) is 0 Å². The molecule has 34 heavy (non-hydrogen) atoms. The molecule has 0 aliphatic carbocycles. The number of aromatic nitrogens is 2. The maximum atomic E-state index is 12.5. The third-order valence-electron chi connectivity index (χ3n) is 4.98. The lowest BCUT2D eigenvalue weighted by Gasteiger charge is -2.13. The summed E-state index contributed by atoms with van der Waals surface area (Å²) in [4.78, 5) is 27.8. The number of ether oxygens (including phenoxy) is 2. The minimum Gasteiger partial charge on any atom is -0.492 e. The fourth-order valence-electron chi connectivity index (χ4n) is 3.19. The maximum absolute atomic E-state index is 12.5. The van der Waals surface area contributed by atoms with Gasteiger partial charge in [-0.15, -0.1) is 0 Å². The van der Waals surface area contributed by atoms with E-state index in [9.17, 15) is 9.59 Å². The number of nitrogens with two attached hydrogens (primary N) is 1. The topological polar surface area (TPSA) is 96.4 Å². The average molecular weight is 466 g/mol. The van der Waals surface area contributed by atoms with E-state index >= 15 is 0 Å². The van der Waals surface area contributed by atoms with E-state index < -0.39 is 0 Å². The van der Waals surface area contributed by atoms with Gasteiger partial charge in [-0.3, -0.25) is 14.2 Å². The SMILES string of the molecule is CCCCC(=O)OCC.CCc1nc(-c2ccccc2)cc(=O)n1CCOc1ccc(N)cc1. The highest BCUT2D eigenvalue weighted by Gasteiger charge is 2.09. The van der Waals surface area contributed by atoms with Crippen LogP contribution in [0.15, 0.2) is 65.5 Å². The number of hydrogen-bond acceptors (Lipinski definition) is 6. The van der Waals surface area contributed by atoms with E-state index in [-0.39, 0.29) is 11.5 Å². The van der Waals surface area contributed by atoms with Crippen molar-refractivity contribution in [1.82, 2.24) is 9.55 Å². The largest absolute Gasteiger partial charge is 0.492 e. The Morgan fingerprint density at radius 1 is 1.03 bits per heavy atom. The molecule has 0 saturated heterocycles. The molecule has 0 amide bonds. The number of unbranched alkanes of at least 4 members (excludes halogenated alkanes) is 1. The standard InChI is InChI=1S/C20H21N3O2.C7H14O2/c1-2-19-22-18(15-6-4-3-5-7-15)14-20(24)23(19)12-13-25-17-10-8-16(21)9-11-17;1-3-5-6-7(8)9-4-2/h3-11,14H,2,12-13,21H2,1H3;3-6H2,1-2H3. The van der Waals surface area contributed by atoms with Gasteiger partial charge < -0.3 is 15.2 Å². The highest BCUT2D eigenvalue weighted by Crippen LogP contribution is 2.16. The minimum atomic E-state index is -0.0700. The monoisotopic (exact) mass is 465 g/mol.